The average molecular weight is 283 g/mol. The molecule has 0 aromatic carbocycles. The molecule has 2 fully saturated rings. The number of esters is 1. The van der Waals surface area contributed by atoms with Crippen molar-refractivity contribution >= 4 is 17.8 Å². The standard InChI is InChI=1S/C14H21NO5/c1-2-20-14(19)11-4-3-7-15(11)12(16)9-5-6-10(8-9)13(17)18/h9-11H,2-8H2,1H3,(H,17,18). The lowest BCUT2D eigenvalue weighted by molar-refractivity contribution is -0.154. The Morgan fingerprint density at radius 2 is 1.90 bits per heavy atom. The van der Waals surface area contributed by atoms with Crippen molar-refractivity contribution in [2.75, 3.05) is 13.2 Å². The van der Waals surface area contributed by atoms with Gasteiger partial charge in [-0.3, -0.25) is 9.59 Å². The molecule has 1 saturated heterocycles. The van der Waals surface area contributed by atoms with E-state index in [0.717, 1.165) is 6.42 Å². The Balaban J connectivity index is 1.98. The van der Waals surface area contributed by atoms with Gasteiger partial charge in [-0.1, -0.05) is 0 Å². The Bertz CT molecular complexity index is 408. The molecule has 1 aliphatic heterocycles. The SMILES string of the molecule is CCOC(=O)C1CCCN1C(=O)C1CCC(C(=O)O)C1. The van der Waals surface area contributed by atoms with Crippen LogP contribution >= 0.6 is 0 Å². The Labute approximate surface area is 118 Å². The van der Waals surface area contributed by atoms with Gasteiger partial charge < -0.3 is 14.7 Å². The molecule has 112 valence electrons. The van der Waals surface area contributed by atoms with Gasteiger partial charge in [0.25, 0.3) is 0 Å². The van der Waals surface area contributed by atoms with E-state index in [0.29, 0.717) is 38.8 Å². The molecule has 1 saturated carbocycles. The molecule has 1 amide bonds. The number of hydrogen-bond acceptors (Lipinski definition) is 4. The summed E-state index contributed by atoms with van der Waals surface area (Å²) in [4.78, 5) is 36.8. The number of ether oxygens (including phenoxy) is 1. The Morgan fingerprint density at radius 3 is 2.50 bits per heavy atom. The fraction of sp³-hybridized carbons (Fsp3) is 0.786. The first-order valence-electron chi connectivity index (χ1n) is 7.24. The third-order valence-electron chi connectivity index (χ3n) is 4.23. The quantitative estimate of drug-likeness (QED) is 0.779. The lowest BCUT2D eigenvalue weighted by Gasteiger charge is -2.25. The van der Waals surface area contributed by atoms with Crippen LogP contribution in [0.5, 0.6) is 0 Å². The smallest absolute Gasteiger partial charge is 0.328 e. The van der Waals surface area contributed by atoms with Crippen LogP contribution in [-0.4, -0.2) is 47.0 Å². The molecule has 6 heteroatoms. The number of hydrogen-bond donors (Lipinski definition) is 1. The van der Waals surface area contributed by atoms with Crippen LogP contribution in [0.4, 0.5) is 0 Å². The minimum atomic E-state index is -0.830. The van der Waals surface area contributed by atoms with Gasteiger partial charge in [-0.25, -0.2) is 4.79 Å². The van der Waals surface area contributed by atoms with Gasteiger partial charge in [0.15, 0.2) is 0 Å². The Hall–Kier alpha value is -1.59. The second-order valence-corrected chi connectivity index (χ2v) is 5.49. The Kier molecular flexibility index (Phi) is 4.62. The predicted octanol–water partition coefficient (Wildman–Crippen LogP) is 1.04. The zero-order valence-electron chi connectivity index (χ0n) is 11.7. The highest BCUT2D eigenvalue weighted by molar-refractivity contribution is 5.87. The second-order valence-electron chi connectivity index (χ2n) is 5.49. The first-order chi connectivity index (χ1) is 9.54. The Morgan fingerprint density at radius 1 is 1.20 bits per heavy atom. The number of carbonyl (C=O) groups is 3. The molecule has 0 aromatic heterocycles. The normalized spacial score (nSPS) is 29.4. The van der Waals surface area contributed by atoms with Gasteiger partial charge in [-0.2, -0.15) is 0 Å². The molecule has 3 atom stereocenters. The highest BCUT2D eigenvalue weighted by Crippen LogP contribution is 2.34. The molecule has 20 heavy (non-hydrogen) atoms. The monoisotopic (exact) mass is 283 g/mol. The molecule has 1 aliphatic carbocycles. The lowest BCUT2D eigenvalue weighted by Crippen LogP contribution is -2.44. The van der Waals surface area contributed by atoms with E-state index in [1.807, 2.05) is 0 Å². The minimum absolute atomic E-state index is 0.0793. The van der Waals surface area contributed by atoms with Crippen LogP contribution in [-0.2, 0) is 19.1 Å². The fourth-order valence-corrected chi connectivity index (χ4v) is 3.18. The van der Waals surface area contributed by atoms with Crippen LogP contribution in [0.2, 0.25) is 0 Å². The van der Waals surface area contributed by atoms with Crippen molar-refractivity contribution in [3.63, 3.8) is 0 Å². The zero-order chi connectivity index (χ0) is 14.7. The van der Waals surface area contributed by atoms with Gasteiger partial charge in [0.05, 0.1) is 12.5 Å². The summed E-state index contributed by atoms with van der Waals surface area (Å²) in [6.07, 6.45) is 2.97. The fourth-order valence-electron chi connectivity index (χ4n) is 3.18. The molecule has 1 heterocycles. The molecule has 0 aromatic rings. The molecular weight excluding hydrogens is 262 g/mol. The molecule has 2 aliphatic rings. The maximum atomic E-state index is 12.5. The number of rotatable bonds is 4. The minimum Gasteiger partial charge on any atom is -0.481 e. The average Bonchev–Trinajstić information content (AvgIpc) is 3.07. The number of nitrogens with zero attached hydrogens (tertiary/aromatic N) is 1. The van der Waals surface area contributed by atoms with E-state index in [1.54, 1.807) is 11.8 Å². The van der Waals surface area contributed by atoms with Crippen molar-refractivity contribution in [3.8, 4) is 0 Å². The van der Waals surface area contributed by atoms with Crippen molar-refractivity contribution < 1.29 is 24.2 Å². The zero-order valence-corrected chi connectivity index (χ0v) is 11.7. The molecule has 3 unspecified atom stereocenters. The van der Waals surface area contributed by atoms with Crippen LogP contribution in [0.15, 0.2) is 0 Å². The molecule has 0 bridgehead atoms. The van der Waals surface area contributed by atoms with Gasteiger partial charge in [-0.15, -0.1) is 0 Å². The van der Waals surface area contributed by atoms with E-state index >= 15 is 0 Å². The largest absolute Gasteiger partial charge is 0.481 e. The number of carbonyl (C=O) groups excluding carboxylic acids is 2. The van der Waals surface area contributed by atoms with Gasteiger partial charge in [0.2, 0.25) is 5.91 Å². The summed E-state index contributed by atoms with van der Waals surface area (Å²) < 4.78 is 5.00. The first kappa shape index (κ1) is 14.8. The van der Waals surface area contributed by atoms with E-state index in [-0.39, 0.29) is 17.8 Å². The van der Waals surface area contributed by atoms with Crippen molar-refractivity contribution in [2.24, 2.45) is 11.8 Å². The lowest BCUT2D eigenvalue weighted by atomic mass is 10.0. The van der Waals surface area contributed by atoms with Gasteiger partial charge in [0, 0.05) is 12.5 Å². The van der Waals surface area contributed by atoms with Gasteiger partial charge >= 0.3 is 11.9 Å². The number of likely N-dealkylation sites (tertiary alicyclic amines) is 1. The van der Waals surface area contributed by atoms with E-state index in [2.05, 4.69) is 0 Å². The van der Waals surface area contributed by atoms with Crippen molar-refractivity contribution in [1.29, 1.82) is 0 Å². The van der Waals surface area contributed by atoms with Crippen LogP contribution in [0.3, 0.4) is 0 Å². The molecular formula is C14H21NO5. The first-order valence-corrected chi connectivity index (χ1v) is 7.24. The third kappa shape index (κ3) is 2.94. The van der Waals surface area contributed by atoms with E-state index in [4.69, 9.17) is 9.84 Å². The van der Waals surface area contributed by atoms with Crippen molar-refractivity contribution in [1.82, 2.24) is 4.90 Å². The third-order valence-corrected chi connectivity index (χ3v) is 4.23. The molecule has 1 N–H and O–H groups in total. The van der Waals surface area contributed by atoms with Crippen LogP contribution < -0.4 is 0 Å². The van der Waals surface area contributed by atoms with E-state index in [1.165, 1.54) is 0 Å². The predicted molar refractivity (Wildman–Crippen MR) is 69.8 cm³/mol. The second kappa shape index (κ2) is 6.24. The summed E-state index contributed by atoms with van der Waals surface area (Å²) in [6.45, 7) is 2.62. The maximum Gasteiger partial charge on any atom is 0.328 e. The van der Waals surface area contributed by atoms with Crippen LogP contribution in [0.25, 0.3) is 0 Å². The van der Waals surface area contributed by atoms with Crippen molar-refractivity contribution in [3.05, 3.63) is 0 Å². The summed E-state index contributed by atoms with van der Waals surface area (Å²) in [5.41, 5.74) is 0. The summed E-state index contributed by atoms with van der Waals surface area (Å²) >= 11 is 0. The maximum absolute atomic E-state index is 12.5. The van der Waals surface area contributed by atoms with Gasteiger partial charge in [0.1, 0.15) is 6.04 Å². The number of amides is 1. The van der Waals surface area contributed by atoms with E-state index in [9.17, 15) is 14.4 Å². The summed E-state index contributed by atoms with van der Waals surface area (Å²) in [5, 5.41) is 8.99. The summed E-state index contributed by atoms with van der Waals surface area (Å²) in [6, 6.07) is -0.480. The molecule has 2 rings (SSSR count). The summed E-state index contributed by atoms with van der Waals surface area (Å²) in [5.74, 6) is -1.93. The number of carboxylic acids is 1. The van der Waals surface area contributed by atoms with Gasteiger partial charge in [-0.05, 0) is 39.0 Å². The van der Waals surface area contributed by atoms with Crippen LogP contribution in [0.1, 0.15) is 39.0 Å². The topological polar surface area (TPSA) is 83.9 Å². The highest BCUT2D eigenvalue weighted by atomic mass is 16.5. The van der Waals surface area contributed by atoms with E-state index < -0.39 is 17.9 Å². The molecule has 6 nitrogen and oxygen atoms in total. The van der Waals surface area contributed by atoms with Crippen molar-refractivity contribution in [2.45, 2.75) is 45.1 Å². The summed E-state index contributed by atoms with van der Waals surface area (Å²) in [7, 11) is 0. The number of aliphatic carboxylic acids is 1. The van der Waals surface area contributed by atoms with Crippen LogP contribution in [0, 0.1) is 11.8 Å². The highest BCUT2D eigenvalue weighted by Gasteiger charge is 2.41. The molecule has 0 spiro atoms. The number of carboxylic acid groups (broad SMARTS) is 1. The molecule has 0 radical (unpaired) electrons.